The van der Waals surface area contributed by atoms with Crippen LogP contribution in [0.3, 0.4) is 0 Å². The average Bonchev–Trinajstić information content (AvgIpc) is 2.68. The van der Waals surface area contributed by atoms with E-state index in [1.807, 2.05) is 12.3 Å². The van der Waals surface area contributed by atoms with Crippen molar-refractivity contribution in [3.8, 4) is 0 Å². The summed E-state index contributed by atoms with van der Waals surface area (Å²) < 4.78 is 5.17. The van der Waals surface area contributed by atoms with Crippen molar-refractivity contribution in [1.82, 2.24) is 0 Å². The van der Waals surface area contributed by atoms with E-state index in [0.29, 0.717) is 13.0 Å². The molecule has 0 aliphatic heterocycles. The number of aryl methyl sites for hydroxylation is 1. The third-order valence-corrected chi connectivity index (χ3v) is 2.62. The zero-order valence-corrected chi connectivity index (χ0v) is 9.31. The highest BCUT2D eigenvalue weighted by Gasteiger charge is 2.02. The number of thiophene rings is 1. The van der Waals surface area contributed by atoms with Crippen LogP contribution in [0.5, 0.6) is 0 Å². The number of carbonyl (C=O) groups is 1. The average molecular weight is 212 g/mol. The second kappa shape index (κ2) is 6.74. The van der Waals surface area contributed by atoms with Crippen LogP contribution in [0.25, 0.3) is 0 Å². The van der Waals surface area contributed by atoms with E-state index in [4.69, 9.17) is 4.74 Å². The van der Waals surface area contributed by atoms with Gasteiger partial charge in [-0.25, -0.2) is 0 Å². The van der Waals surface area contributed by atoms with Gasteiger partial charge >= 0.3 is 0 Å². The molecule has 0 fully saturated rings. The monoisotopic (exact) mass is 212 g/mol. The van der Waals surface area contributed by atoms with Gasteiger partial charge in [-0.3, -0.25) is 4.79 Å². The van der Waals surface area contributed by atoms with Crippen molar-refractivity contribution in [2.75, 3.05) is 13.2 Å². The Kier molecular flexibility index (Phi) is 5.49. The number of ketones is 1. The lowest BCUT2D eigenvalue weighted by molar-refractivity contribution is -0.123. The lowest BCUT2D eigenvalue weighted by atomic mass is 10.1. The fourth-order valence-electron chi connectivity index (χ4n) is 1.12. The Bertz CT molecular complexity index is 254. The molecule has 0 N–H and O–H groups in total. The van der Waals surface area contributed by atoms with Crippen molar-refractivity contribution in [3.05, 3.63) is 22.4 Å². The maximum absolute atomic E-state index is 11.3. The van der Waals surface area contributed by atoms with Crippen LogP contribution in [0.2, 0.25) is 0 Å². The van der Waals surface area contributed by atoms with Gasteiger partial charge in [-0.2, -0.15) is 11.3 Å². The Labute approximate surface area is 88.9 Å². The maximum Gasteiger partial charge on any atom is 0.158 e. The van der Waals surface area contributed by atoms with Gasteiger partial charge in [0.1, 0.15) is 6.61 Å². The molecule has 1 aromatic heterocycles. The summed E-state index contributed by atoms with van der Waals surface area (Å²) >= 11 is 1.67. The van der Waals surface area contributed by atoms with E-state index in [9.17, 15) is 4.79 Å². The number of hydrogen-bond acceptors (Lipinski definition) is 3. The minimum absolute atomic E-state index is 0.199. The van der Waals surface area contributed by atoms with E-state index in [2.05, 4.69) is 11.4 Å². The number of hydrogen-bond donors (Lipinski definition) is 0. The Balaban J connectivity index is 2.09. The maximum atomic E-state index is 11.3. The topological polar surface area (TPSA) is 26.3 Å². The van der Waals surface area contributed by atoms with Gasteiger partial charge in [0.25, 0.3) is 0 Å². The van der Waals surface area contributed by atoms with Crippen molar-refractivity contribution < 1.29 is 9.53 Å². The van der Waals surface area contributed by atoms with Crippen LogP contribution < -0.4 is 0 Å². The molecule has 0 amide bonds. The minimum atomic E-state index is 0.199. The molecule has 0 aliphatic rings. The van der Waals surface area contributed by atoms with E-state index in [0.717, 1.165) is 12.8 Å². The Morgan fingerprint density at radius 3 is 3.07 bits per heavy atom. The molecule has 0 aromatic carbocycles. The predicted molar refractivity (Wildman–Crippen MR) is 58.8 cm³/mol. The summed E-state index contributed by atoms with van der Waals surface area (Å²) in [5.74, 6) is 0.199. The molecule has 0 saturated heterocycles. The van der Waals surface area contributed by atoms with Crippen LogP contribution in [-0.2, 0) is 16.0 Å². The molecule has 0 bridgehead atoms. The molecule has 0 unspecified atom stereocenters. The molecule has 14 heavy (non-hydrogen) atoms. The van der Waals surface area contributed by atoms with Crippen LogP contribution in [-0.4, -0.2) is 19.0 Å². The largest absolute Gasteiger partial charge is 0.374 e. The van der Waals surface area contributed by atoms with Gasteiger partial charge in [0.2, 0.25) is 0 Å². The highest BCUT2D eigenvalue weighted by molar-refractivity contribution is 7.07. The second-order valence-electron chi connectivity index (χ2n) is 3.22. The summed E-state index contributed by atoms with van der Waals surface area (Å²) in [4.78, 5) is 11.3. The Morgan fingerprint density at radius 1 is 1.57 bits per heavy atom. The van der Waals surface area contributed by atoms with E-state index >= 15 is 0 Å². The summed E-state index contributed by atoms with van der Waals surface area (Å²) in [5, 5.41) is 4.12. The molecule has 0 spiro atoms. The molecule has 3 heteroatoms. The van der Waals surface area contributed by atoms with Gasteiger partial charge in [-0.05, 0) is 35.2 Å². The molecular formula is C11H16O2S. The molecule has 0 saturated carbocycles. The summed E-state index contributed by atoms with van der Waals surface area (Å²) in [6.45, 7) is 3.00. The van der Waals surface area contributed by atoms with Crippen LogP contribution in [0.1, 0.15) is 25.3 Å². The van der Waals surface area contributed by atoms with Crippen LogP contribution in [0.4, 0.5) is 0 Å². The summed E-state index contributed by atoms with van der Waals surface area (Å²) in [5.41, 5.74) is 1.25. The normalized spacial score (nSPS) is 10.4. The van der Waals surface area contributed by atoms with Gasteiger partial charge in [-0.15, -0.1) is 0 Å². The molecule has 78 valence electrons. The molecule has 1 aromatic rings. The first-order valence-corrected chi connectivity index (χ1v) is 5.87. The smallest absolute Gasteiger partial charge is 0.158 e. The Hall–Kier alpha value is -0.670. The standard InChI is InChI=1S/C11H16O2S/c1-2-6-13-8-11(12)4-3-10-5-7-14-9-10/h5,7,9H,2-4,6,8H2,1H3. The number of rotatable bonds is 7. The second-order valence-corrected chi connectivity index (χ2v) is 4.00. The third-order valence-electron chi connectivity index (χ3n) is 1.88. The summed E-state index contributed by atoms with van der Waals surface area (Å²) in [7, 11) is 0. The van der Waals surface area contributed by atoms with Crippen molar-refractivity contribution in [2.45, 2.75) is 26.2 Å². The first kappa shape index (κ1) is 11.4. The van der Waals surface area contributed by atoms with Crippen LogP contribution in [0, 0.1) is 0 Å². The van der Waals surface area contributed by atoms with Gasteiger partial charge in [0, 0.05) is 13.0 Å². The van der Waals surface area contributed by atoms with Crippen molar-refractivity contribution in [1.29, 1.82) is 0 Å². The fourth-order valence-corrected chi connectivity index (χ4v) is 1.82. The molecule has 2 nitrogen and oxygen atoms in total. The highest BCUT2D eigenvalue weighted by atomic mass is 32.1. The molecular weight excluding hydrogens is 196 g/mol. The van der Waals surface area contributed by atoms with E-state index in [-0.39, 0.29) is 12.4 Å². The highest BCUT2D eigenvalue weighted by Crippen LogP contribution is 2.08. The van der Waals surface area contributed by atoms with Crippen LogP contribution in [0.15, 0.2) is 16.8 Å². The summed E-state index contributed by atoms with van der Waals surface area (Å²) in [6, 6.07) is 2.06. The van der Waals surface area contributed by atoms with Crippen molar-refractivity contribution in [2.24, 2.45) is 0 Å². The first-order valence-electron chi connectivity index (χ1n) is 4.93. The molecule has 0 atom stereocenters. The van der Waals surface area contributed by atoms with Gasteiger partial charge < -0.3 is 4.74 Å². The van der Waals surface area contributed by atoms with Gasteiger partial charge in [0.15, 0.2) is 5.78 Å². The number of carbonyl (C=O) groups excluding carboxylic acids is 1. The fraction of sp³-hybridized carbons (Fsp3) is 0.545. The predicted octanol–water partition coefficient (Wildman–Crippen LogP) is 2.68. The zero-order chi connectivity index (χ0) is 10.2. The van der Waals surface area contributed by atoms with E-state index in [1.54, 1.807) is 11.3 Å². The van der Waals surface area contributed by atoms with Crippen molar-refractivity contribution in [3.63, 3.8) is 0 Å². The zero-order valence-electron chi connectivity index (χ0n) is 8.49. The quantitative estimate of drug-likeness (QED) is 0.649. The Morgan fingerprint density at radius 2 is 2.43 bits per heavy atom. The SMILES string of the molecule is CCCOCC(=O)CCc1ccsc1. The lowest BCUT2D eigenvalue weighted by Crippen LogP contribution is -2.09. The van der Waals surface area contributed by atoms with Gasteiger partial charge in [0.05, 0.1) is 0 Å². The van der Waals surface area contributed by atoms with E-state index in [1.165, 1.54) is 5.56 Å². The minimum Gasteiger partial charge on any atom is -0.374 e. The lowest BCUT2D eigenvalue weighted by Gasteiger charge is -2.00. The van der Waals surface area contributed by atoms with Gasteiger partial charge in [-0.1, -0.05) is 6.92 Å². The molecule has 1 rings (SSSR count). The number of Topliss-reactive ketones (excluding diaryl/α,β-unsaturated/α-hetero) is 1. The number of ether oxygens (including phenoxy) is 1. The van der Waals surface area contributed by atoms with E-state index < -0.39 is 0 Å². The molecule has 1 heterocycles. The van der Waals surface area contributed by atoms with Crippen molar-refractivity contribution >= 4 is 17.1 Å². The third kappa shape index (κ3) is 4.53. The summed E-state index contributed by atoms with van der Waals surface area (Å²) in [6.07, 6.45) is 2.41. The first-order chi connectivity index (χ1) is 6.83. The molecule has 0 radical (unpaired) electrons. The van der Waals surface area contributed by atoms with Crippen LogP contribution >= 0.6 is 11.3 Å². The molecule has 0 aliphatic carbocycles.